The zero-order chi connectivity index (χ0) is 18.9. The van der Waals surface area contributed by atoms with E-state index in [1.54, 1.807) is 23.4 Å². The average molecular weight is 367 g/mol. The Kier molecular flexibility index (Phi) is 3.98. The van der Waals surface area contributed by atoms with Gasteiger partial charge in [-0.1, -0.05) is 48.5 Å². The van der Waals surface area contributed by atoms with Crippen molar-refractivity contribution in [1.82, 2.24) is 9.97 Å². The summed E-state index contributed by atoms with van der Waals surface area (Å²) in [5.74, 6) is -0.396. The lowest BCUT2D eigenvalue weighted by Crippen LogP contribution is -2.25. The number of hydroxylamine groups is 1. The quantitative estimate of drug-likeness (QED) is 0.536. The second-order valence-electron chi connectivity index (χ2n) is 6.68. The van der Waals surface area contributed by atoms with Crippen molar-refractivity contribution >= 4 is 22.7 Å². The van der Waals surface area contributed by atoms with Crippen molar-refractivity contribution in [2.24, 2.45) is 0 Å². The van der Waals surface area contributed by atoms with E-state index in [0.717, 1.165) is 28.9 Å². The number of aromatic nitrogens is 2. The Balaban J connectivity index is 1.40. The molecule has 0 bridgehead atoms. The maximum atomic E-state index is 12.6. The van der Waals surface area contributed by atoms with Crippen LogP contribution in [0.15, 0.2) is 79.0 Å². The second-order valence-corrected chi connectivity index (χ2v) is 6.68. The molecule has 0 aliphatic carbocycles. The average Bonchev–Trinajstić information content (AvgIpc) is 3.16. The Morgan fingerprint density at radius 3 is 2.64 bits per heavy atom. The standard InChI is InChI=1S/C23H17N3O2/c27-23(28-26-13-12-17-8-4-5-9-22(17)26)18-10-11-19-20(14-18)24-15-21(25-19)16-6-2-1-3-7-16/h1-11,14-15H,12-13H2. The number of nitrogens with zero attached hydrogens (tertiary/aromatic N) is 3. The molecule has 0 unspecified atom stereocenters. The zero-order valence-corrected chi connectivity index (χ0v) is 15.1. The molecule has 5 rings (SSSR count). The molecule has 0 saturated heterocycles. The third kappa shape index (κ3) is 2.97. The summed E-state index contributed by atoms with van der Waals surface area (Å²) in [6, 6.07) is 23.1. The molecule has 0 N–H and O–H groups in total. The van der Waals surface area contributed by atoms with Crippen molar-refractivity contribution in [3.63, 3.8) is 0 Å². The fourth-order valence-corrected chi connectivity index (χ4v) is 3.44. The summed E-state index contributed by atoms with van der Waals surface area (Å²) in [6.45, 7) is 0.666. The number of hydrogen-bond acceptors (Lipinski definition) is 5. The van der Waals surface area contributed by atoms with Crippen LogP contribution < -0.4 is 5.06 Å². The van der Waals surface area contributed by atoms with E-state index in [1.165, 1.54) is 5.56 Å². The lowest BCUT2D eigenvalue weighted by atomic mass is 10.1. The van der Waals surface area contributed by atoms with Crippen molar-refractivity contribution in [1.29, 1.82) is 0 Å². The van der Waals surface area contributed by atoms with Crippen LogP contribution in [0.25, 0.3) is 22.3 Å². The third-order valence-corrected chi connectivity index (χ3v) is 4.89. The first-order valence-electron chi connectivity index (χ1n) is 9.18. The van der Waals surface area contributed by atoms with E-state index < -0.39 is 5.97 Å². The Labute approximate surface area is 162 Å². The van der Waals surface area contributed by atoms with Gasteiger partial charge in [-0.3, -0.25) is 4.98 Å². The first kappa shape index (κ1) is 16.4. The molecule has 5 heteroatoms. The first-order valence-corrected chi connectivity index (χ1v) is 9.18. The molecular formula is C23H17N3O2. The van der Waals surface area contributed by atoms with Gasteiger partial charge in [0.1, 0.15) is 0 Å². The molecule has 0 saturated carbocycles. The van der Waals surface area contributed by atoms with Gasteiger partial charge >= 0.3 is 5.97 Å². The van der Waals surface area contributed by atoms with Crippen LogP contribution in [0.4, 0.5) is 5.69 Å². The molecule has 0 amide bonds. The Hall–Kier alpha value is -3.73. The van der Waals surface area contributed by atoms with Crippen LogP contribution in [0.2, 0.25) is 0 Å². The van der Waals surface area contributed by atoms with E-state index in [-0.39, 0.29) is 0 Å². The van der Waals surface area contributed by atoms with E-state index in [4.69, 9.17) is 4.84 Å². The number of benzene rings is 3. The number of hydrogen-bond donors (Lipinski definition) is 0. The van der Waals surface area contributed by atoms with Crippen molar-refractivity contribution in [2.75, 3.05) is 11.6 Å². The third-order valence-electron chi connectivity index (χ3n) is 4.89. The van der Waals surface area contributed by atoms with Crippen LogP contribution in [0, 0.1) is 0 Å². The van der Waals surface area contributed by atoms with Gasteiger partial charge in [0.2, 0.25) is 0 Å². The normalized spacial score (nSPS) is 12.8. The summed E-state index contributed by atoms with van der Waals surface area (Å²) in [5.41, 5.74) is 5.81. The van der Waals surface area contributed by atoms with Crippen LogP contribution in [0.3, 0.4) is 0 Å². The lowest BCUT2D eigenvalue weighted by molar-refractivity contribution is 0.0461. The Morgan fingerprint density at radius 1 is 0.929 bits per heavy atom. The summed E-state index contributed by atoms with van der Waals surface area (Å²) in [4.78, 5) is 27.4. The molecule has 0 radical (unpaired) electrons. The monoisotopic (exact) mass is 367 g/mol. The molecule has 2 heterocycles. The fourth-order valence-electron chi connectivity index (χ4n) is 3.44. The first-order chi connectivity index (χ1) is 13.8. The summed E-state index contributed by atoms with van der Waals surface area (Å²) in [5, 5.41) is 1.66. The summed E-state index contributed by atoms with van der Waals surface area (Å²) in [7, 11) is 0. The number of carbonyl (C=O) groups excluding carboxylic acids is 1. The van der Waals surface area contributed by atoms with Gasteiger partial charge in [-0.25, -0.2) is 14.8 Å². The van der Waals surface area contributed by atoms with Crippen LogP contribution >= 0.6 is 0 Å². The molecule has 1 aliphatic heterocycles. The van der Waals surface area contributed by atoms with E-state index in [2.05, 4.69) is 16.0 Å². The van der Waals surface area contributed by atoms with E-state index in [0.29, 0.717) is 17.6 Å². The van der Waals surface area contributed by atoms with E-state index >= 15 is 0 Å². The number of rotatable bonds is 3. The van der Waals surface area contributed by atoms with Crippen LogP contribution in [-0.4, -0.2) is 22.5 Å². The molecule has 1 aliphatic rings. The summed E-state index contributed by atoms with van der Waals surface area (Å²) >= 11 is 0. The molecular weight excluding hydrogens is 350 g/mol. The van der Waals surface area contributed by atoms with Crippen LogP contribution in [0.5, 0.6) is 0 Å². The maximum absolute atomic E-state index is 12.6. The van der Waals surface area contributed by atoms with Crippen molar-refractivity contribution in [2.45, 2.75) is 6.42 Å². The minimum Gasteiger partial charge on any atom is -0.335 e. The molecule has 136 valence electrons. The van der Waals surface area contributed by atoms with Crippen molar-refractivity contribution in [3.05, 3.63) is 90.1 Å². The van der Waals surface area contributed by atoms with E-state index in [9.17, 15) is 4.79 Å². The fraction of sp³-hybridized carbons (Fsp3) is 0.0870. The summed E-state index contributed by atoms with van der Waals surface area (Å²) in [6.07, 6.45) is 2.60. The molecule has 1 aromatic heterocycles. The molecule has 0 fully saturated rings. The molecule has 4 aromatic rings. The van der Waals surface area contributed by atoms with Gasteiger partial charge in [-0.2, -0.15) is 0 Å². The van der Waals surface area contributed by atoms with Gasteiger partial charge in [0.15, 0.2) is 0 Å². The number of anilines is 1. The minimum absolute atomic E-state index is 0.396. The number of carbonyl (C=O) groups is 1. The predicted octanol–water partition coefficient (Wildman–Crippen LogP) is 4.43. The maximum Gasteiger partial charge on any atom is 0.363 e. The summed E-state index contributed by atoms with van der Waals surface area (Å²) < 4.78 is 0. The van der Waals surface area contributed by atoms with Crippen LogP contribution in [-0.2, 0) is 11.3 Å². The highest BCUT2D eigenvalue weighted by Crippen LogP contribution is 2.28. The zero-order valence-electron chi connectivity index (χ0n) is 15.1. The highest BCUT2D eigenvalue weighted by Gasteiger charge is 2.23. The highest BCUT2D eigenvalue weighted by molar-refractivity contribution is 5.94. The largest absolute Gasteiger partial charge is 0.363 e. The molecule has 5 nitrogen and oxygen atoms in total. The van der Waals surface area contributed by atoms with Gasteiger partial charge < -0.3 is 4.84 Å². The van der Waals surface area contributed by atoms with Crippen molar-refractivity contribution in [3.8, 4) is 11.3 Å². The smallest absolute Gasteiger partial charge is 0.335 e. The van der Waals surface area contributed by atoms with Gasteiger partial charge in [0.25, 0.3) is 0 Å². The van der Waals surface area contributed by atoms with Crippen LogP contribution in [0.1, 0.15) is 15.9 Å². The minimum atomic E-state index is -0.396. The Morgan fingerprint density at radius 2 is 1.75 bits per heavy atom. The number of fused-ring (bicyclic) bond motifs is 2. The lowest BCUT2D eigenvalue weighted by Gasteiger charge is -2.18. The molecule has 3 aromatic carbocycles. The molecule has 0 spiro atoms. The molecule has 0 atom stereocenters. The topological polar surface area (TPSA) is 55.3 Å². The SMILES string of the molecule is O=C(ON1CCc2ccccc21)c1ccc2nc(-c3ccccc3)cnc2c1. The predicted molar refractivity (Wildman–Crippen MR) is 108 cm³/mol. The highest BCUT2D eigenvalue weighted by atomic mass is 16.7. The van der Waals surface area contributed by atoms with Gasteiger partial charge in [-0.05, 0) is 36.2 Å². The number of para-hydroxylation sites is 1. The van der Waals surface area contributed by atoms with Gasteiger partial charge in [0, 0.05) is 5.56 Å². The van der Waals surface area contributed by atoms with Gasteiger partial charge in [0.05, 0.1) is 40.7 Å². The van der Waals surface area contributed by atoms with Crippen molar-refractivity contribution < 1.29 is 9.63 Å². The second kappa shape index (κ2) is 6.78. The van der Waals surface area contributed by atoms with E-state index in [1.807, 2.05) is 54.6 Å². The Bertz CT molecular complexity index is 1170. The van der Waals surface area contributed by atoms with Gasteiger partial charge in [-0.15, -0.1) is 0 Å². The molecule has 28 heavy (non-hydrogen) atoms.